The monoisotopic (exact) mass is 361 g/mol. The summed E-state index contributed by atoms with van der Waals surface area (Å²) >= 11 is 0. The Kier molecular flexibility index (Phi) is 7.00. The summed E-state index contributed by atoms with van der Waals surface area (Å²) in [6.45, 7) is 7.90. The average Bonchev–Trinajstić information content (AvgIpc) is 2.63. The van der Waals surface area contributed by atoms with Crippen LogP contribution in [-0.2, 0) is 14.4 Å². The van der Waals surface area contributed by atoms with Gasteiger partial charge in [0.05, 0.1) is 12.3 Å². The van der Waals surface area contributed by atoms with E-state index >= 15 is 0 Å². The lowest BCUT2D eigenvalue weighted by molar-refractivity contribution is -0.138. The maximum absolute atomic E-state index is 12.5. The molecule has 0 saturated carbocycles. The second-order valence-electron chi connectivity index (χ2n) is 6.21. The molecule has 0 unspecified atom stereocenters. The van der Waals surface area contributed by atoms with Crippen molar-refractivity contribution < 1.29 is 19.1 Å². The van der Waals surface area contributed by atoms with E-state index in [1.54, 1.807) is 14.7 Å². The van der Waals surface area contributed by atoms with Crippen molar-refractivity contribution in [2.75, 3.05) is 44.2 Å². The molecule has 0 N–H and O–H groups in total. The zero-order chi connectivity index (χ0) is 19.1. The van der Waals surface area contributed by atoms with Gasteiger partial charge in [-0.3, -0.25) is 14.4 Å². The Morgan fingerprint density at radius 2 is 1.65 bits per heavy atom. The number of rotatable bonds is 6. The van der Waals surface area contributed by atoms with Gasteiger partial charge in [-0.2, -0.15) is 0 Å². The Morgan fingerprint density at radius 1 is 1.04 bits per heavy atom. The minimum atomic E-state index is -0.133. The van der Waals surface area contributed by atoms with Crippen LogP contribution in [0.3, 0.4) is 0 Å². The molecule has 1 heterocycles. The number of benzene rings is 1. The minimum absolute atomic E-state index is 0.00616. The number of hydrogen-bond acceptors (Lipinski definition) is 4. The molecule has 0 atom stereocenters. The molecule has 26 heavy (non-hydrogen) atoms. The molecule has 0 aliphatic carbocycles. The van der Waals surface area contributed by atoms with Crippen LogP contribution in [0.25, 0.3) is 0 Å². The SMILES string of the molecule is CCOc1ccccc1N(CCC(=O)N1CCN(C(C)=O)CC1)C(C)=O. The Hall–Kier alpha value is -2.57. The van der Waals surface area contributed by atoms with E-state index < -0.39 is 0 Å². The first kappa shape index (κ1) is 19.8. The van der Waals surface area contributed by atoms with E-state index in [2.05, 4.69) is 0 Å². The van der Waals surface area contributed by atoms with Crippen molar-refractivity contribution in [2.45, 2.75) is 27.2 Å². The fraction of sp³-hybridized carbons (Fsp3) is 0.526. The molecular weight excluding hydrogens is 334 g/mol. The Labute approximate surface area is 154 Å². The first-order valence-corrected chi connectivity index (χ1v) is 8.97. The van der Waals surface area contributed by atoms with Gasteiger partial charge in [-0.25, -0.2) is 0 Å². The van der Waals surface area contributed by atoms with Gasteiger partial charge in [-0.1, -0.05) is 12.1 Å². The van der Waals surface area contributed by atoms with Crippen LogP contribution < -0.4 is 9.64 Å². The summed E-state index contributed by atoms with van der Waals surface area (Å²) in [6, 6.07) is 7.34. The second kappa shape index (κ2) is 9.22. The number of carbonyl (C=O) groups is 3. The highest BCUT2D eigenvalue weighted by Gasteiger charge is 2.24. The molecule has 0 radical (unpaired) electrons. The Bertz CT molecular complexity index is 654. The quantitative estimate of drug-likeness (QED) is 0.770. The number of para-hydroxylation sites is 2. The largest absolute Gasteiger partial charge is 0.492 e. The molecule has 1 aliphatic heterocycles. The van der Waals surface area contributed by atoms with Crippen LogP contribution in [0, 0.1) is 0 Å². The van der Waals surface area contributed by atoms with Crippen molar-refractivity contribution in [1.29, 1.82) is 0 Å². The van der Waals surface area contributed by atoms with Crippen molar-refractivity contribution in [1.82, 2.24) is 9.80 Å². The van der Waals surface area contributed by atoms with E-state index in [4.69, 9.17) is 4.74 Å². The van der Waals surface area contributed by atoms with Crippen molar-refractivity contribution in [3.63, 3.8) is 0 Å². The number of anilines is 1. The average molecular weight is 361 g/mol. The third-order valence-corrected chi connectivity index (χ3v) is 4.46. The molecule has 3 amide bonds. The van der Waals surface area contributed by atoms with Crippen LogP contribution in [0.2, 0.25) is 0 Å². The van der Waals surface area contributed by atoms with E-state index in [1.165, 1.54) is 13.8 Å². The molecule has 1 aliphatic rings. The molecule has 142 valence electrons. The van der Waals surface area contributed by atoms with E-state index in [0.717, 1.165) is 0 Å². The molecule has 1 fully saturated rings. The van der Waals surface area contributed by atoms with Gasteiger partial charge < -0.3 is 19.4 Å². The second-order valence-corrected chi connectivity index (χ2v) is 6.21. The molecule has 1 saturated heterocycles. The van der Waals surface area contributed by atoms with Crippen molar-refractivity contribution in [2.24, 2.45) is 0 Å². The fourth-order valence-corrected chi connectivity index (χ4v) is 3.04. The molecule has 0 aromatic heterocycles. The van der Waals surface area contributed by atoms with Gasteiger partial charge in [0.25, 0.3) is 0 Å². The lowest BCUT2D eigenvalue weighted by Gasteiger charge is -2.34. The van der Waals surface area contributed by atoms with Crippen LogP contribution >= 0.6 is 0 Å². The fourth-order valence-electron chi connectivity index (χ4n) is 3.04. The van der Waals surface area contributed by atoms with Crippen LogP contribution in [0.5, 0.6) is 5.75 Å². The van der Waals surface area contributed by atoms with Crippen molar-refractivity contribution in [3.8, 4) is 5.75 Å². The smallest absolute Gasteiger partial charge is 0.224 e. The predicted octanol–water partition coefficient (Wildman–Crippen LogP) is 1.52. The molecule has 2 rings (SSSR count). The molecule has 7 heteroatoms. The molecule has 1 aromatic carbocycles. The molecular formula is C19H27N3O4. The third kappa shape index (κ3) is 4.97. The van der Waals surface area contributed by atoms with Crippen LogP contribution in [0.15, 0.2) is 24.3 Å². The van der Waals surface area contributed by atoms with Crippen LogP contribution in [-0.4, -0.2) is 66.9 Å². The lowest BCUT2D eigenvalue weighted by atomic mass is 10.2. The van der Waals surface area contributed by atoms with Crippen LogP contribution in [0.4, 0.5) is 5.69 Å². The summed E-state index contributed by atoms with van der Waals surface area (Å²) in [6.07, 6.45) is 0.236. The maximum Gasteiger partial charge on any atom is 0.224 e. The summed E-state index contributed by atoms with van der Waals surface area (Å²) < 4.78 is 5.60. The Balaban J connectivity index is 1.98. The van der Waals surface area contributed by atoms with Gasteiger partial charge >= 0.3 is 0 Å². The van der Waals surface area contributed by atoms with Gasteiger partial charge in [0.1, 0.15) is 5.75 Å². The summed E-state index contributed by atoms with van der Waals surface area (Å²) in [7, 11) is 0. The summed E-state index contributed by atoms with van der Waals surface area (Å²) in [5.41, 5.74) is 0.677. The summed E-state index contributed by atoms with van der Waals surface area (Å²) in [5, 5.41) is 0. The zero-order valence-corrected chi connectivity index (χ0v) is 15.7. The third-order valence-electron chi connectivity index (χ3n) is 4.46. The zero-order valence-electron chi connectivity index (χ0n) is 15.7. The highest BCUT2D eigenvalue weighted by molar-refractivity contribution is 5.94. The van der Waals surface area contributed by atoms with E-state index in [0.29, 0.717) is 50.8 Å². The van der Waals surface area contributed by atoms with Gasteiger partial charge in [0, 0.05) is 53.0 Å². The highest BCUT2D eigenvalue weighted by Crippen LogP contribution is 2.28. The highest BCUT2D eigenvalue weighted by atomic mass is 16.5. The standard InChI is InChI=1S/C19H27N3O4/c1-4-26-18-8-6-5-7-17(18)22(16(3)24)10-9-19(25)21-13-11-20(12-14-21)15(2)23/h5-8H,4,9-14H2,1-3H3. The predicted molar refractivity (Wildman–Crippen MR) is 99.1 cm³/mol. The molecule has 1 aromatic rings. The van der Waals surface area contributed by atoms with Gasteiger partial charge in [0.15, 0.2) is 0 Å². The Morgan fingerprint density at radius 3 is 2.23 bits per heavy atom. The first-order valence-electron chi connectivity index (χ1n) is 8.97. The lowest BCUT2D eigenvalue weighted by Crippen LogP contribution is -2.50. The van der Waals surface area contributed by atoms with E-state index in [1.807, 2.05) is 31.2 Å². The van der Waals surface area contributed by atoms with Crippen LogP contribution in [0.1, 0.15) is 27.2 Å². The van der Waals surface area contributed by atoms with Crippen molar-refractivity contribution >= 4 is 23.4 Å². The summed E-state index contributed by atoms with van der Waals surface area (Å²) in [5.74, 6) is 0.528. The number of carbonyl (C=O) groups excluding carboxylic acids is 3. The van der Waals surface area contributed by atoms with Gasteiger partial charge in [-0.15, -0.1) is 0 Å². The maximum atomic E-state index is 12.5. The van der Waals surface area contributed by atoms with E-state index in [9.17, 15) is 14.4 Å². The topological polar surface area (TPSA) is 70.2 Å². The van der Waals surface area contributed by atoms with Gasteiger partial charge in [-0.05, 0) is 19.1 Å². The van der Waals surface area contributed by atoms with Crippen molar-refractivity contribution in [3.05, 3.63) is 24.3 Å². The minimum Gasteiger partial charge on any atom is -0.492 e. The van der Waals surface area contributed by atoms with E-state index in [-0.39, 0.29) is 24.1 Å². The first-order chi connectivity index (χ1) is 12.4. The number of hydrogen-bond donors (Lipinski definition) is 0. The number of ether oxygens (including phenoxy) is 1. The summed E-state index contributed by atoms with van der Waals surface area (Å²) in [4.78, 5) is 41.1. The normalized spacial score (nSPS) is 14.1. The number of amides is 3. The molecule has 0 bridgehead atoms. The number of nitrogens with zero attached hydrogens (tertiary/aromatic N) is 3. The molecule has 0 spiro atoms. The molecule has 7 nitrogen and oxygen atoms in total. The van der Waals surface area contributed by atoms with Gasteiger partial charge in [0.2, 0.25) is 17.7 Å². The number of piperazine rings is 1.